The molecule has 1 aliphatic rings. The fraction of sp³-hybridized carbons (Fsp3) is 0.346. The molecule has 3 N–H and O–H groups in total. The van der Waals surface area contributed by atoms with E-state index in [9.17, 15) is 4.39 Å². The van der Waals surface area contributed by atoms with Gasteiger partial charge in [0.05, 0.1) is 5.02 Å². The van der Waals surface area contributed by atoms with Crippen LogP contribution in [0.25, 0.3) is 5.57 Å². The van der Waals surface area contributed by atoms with Crippen molar-refractivity contribution >= 4 is 23.0 Å². The predicted octanol–water partition coefficient (Wildman–Crippen LogP) is 5.94. The molecule has 2 aromatic rings. The Hall–Kier alpha value is -2.63. The van der Waals surface area contributed by atoms with Gasteiger partial charge in [-0.1, -0.05) is 42.5 Å². The minimum atomic E-state index is -0.238. The highest BCUT2D eigenvalue weighted by molar-refractivity contribution is 6.32. The summed E-state index contributed by atoms with van der Waals surface area (Å²) in [5.41, 5.74) is 3.61. The van der Waals surface area contributed by atoms with Gasteiger partial charge in [-0.2, -0.15) is 0 Å². The summed E-state index contributed by atoms with van der Waals surface area (Å²) in [7, 11) is 2.01. The SMILES string of the molecule is C=C(/C=C\C=C(/C)c1cc(NC2CCC(CNC)C2)ncc1Cl)NCc1cccc(F)c1. The smallest absolute Gasteiger partial charge is 0.126 e. The second kappa shape index (κ2) is 11.8. The molecule has 32 heavy (non-hydrogen) atoms. The summed E-state index contributed by atoms with van der Waals surface area (Å²) in [6, 6.07) is 8.99. The summed E-state index contributed by atoms with van der Waals surface area (Å²) in [6.07, 6.45) is 11.1. The summed E-state index contributed by atoms with van der Waals surface area (Å²) in [6.45, 7) is 7.61. The van der Waals surface area contributed by atoms with Crippen molar-refractivity contribution in [2.75, 3.05) is 18.9 Å². The second-order valence-corrected chi connectivity index (χ2v) is 8.75. The van der Waals surface area contributed by atoms with Gasteiger partial charge < -0.3 is 16.0 Å². The maximum atomic E-state index is 13.3. The first-order valence-corrected chi connectivity index (χ1v) is 11.4. The van der Waals surface area contributed by atoms with Gasteiger partial charge in [0.15, 0.2) is 0 Å². The molecule has 0 amide bonds. The molecule has 3 rings (SSSR count). The zero-order chi connectivity index (χ0) is 22.9. The molecule has 2 unspecified atom stereocenters. The highest BCUT2D eigenvalue weighted by Crippen LogP contribution is 2.30. The summed E-state index contributed by atoms with van der Waals surface area (Å²) in [4.78, 5) is 4.47. The number of aromatic nitrogens is 1. The molecule has 0 radical (unpaired) electrons. The van der Waals surface area contributed by atoms with E-state index in [1.165, 1.54) is 18.6 Å². The molecule has 4 nitrogen and oxygen atoms in total. The van der Waals surface area contributed by atoms with E-state index in [0.29, 0.717) is 17.6 Å². The average molecular weight is 455 g/mol. The lowest BCUT2D eigenvalue weighted by Gasteiger charge is -2.15. The molecule has 2 atom stereocenters. The Labute approximate surface area is 195 Å². The molecule has 1 saturated carbocycles. The first kappa shape index (κ1) is 24.0. The number of anilines is 1. The zero-order valence-corrected chi connectivity index (χ0v) is 19.6. The number of nitrogens with one attached hydrogen (secondary N) is 3. The van der Waals surface area contributed by atoms with E-state index in [0.717, 1.165) is 53.5 Å². The van der Waals surface area contributed by atoms with Crippen molar-refractivity contribution in [1.82, 2.24) is 15.6 Å². The normalized spacial score (nSPS) is 18.8. The molecule has 1 aliphatic carbocycles. The molecule has 170 valence electrons. The molecule has 1 aromatic carbocycles. The summed E-state index contributed by atoms with van der Waals surface area (Å²) < 4.78 is 13.3. The molecule has 1 heterocycles. The lowest BCUT2D eigenvalue weighted by molar-refractivity contribution is 0.511. The van der Waals surface area contributed by atoms with Gasteiger partial charge in [-0.15, -0.1) is 0 Å². The summed E-state index contributed by atoms with van der Waals surface area (Å²) in [5.74, 6) is 1.34. The van der Waals surface area contributed by atoms with Crippen LogP contribution in [0.2, 0.25) is 5.02 Å². The number of rotatable bonds is 10. The van der Waals surface area contributed by atoms with Crippen LogP contribution >= 0.6 is 11.6 Å². The maximum absolute atomic E-state index is 13.3. The van der Waals surface area contributed by atoms with Gasteiger partial charge in [-0.3, -0.25) is 0 Å². The van der Waals surface area contributed by atoms with Gasteiger partial charge in [-0.05, 0) is 81.1 Å². The molecule has 6 heteroatoms. The number of benzene rings is 1. The van der Waals surface area contributed by atoms with E-state index >= 15 is 0 Å². The van der Waals surface area contributed by atoms with Crippen LogP contribution in [0.4, 0.5) is 10.2 Å². The third kappa shape index (κ3) is 7.21. The molecular weight excluding hydrogens is 423 g/mol. The van der Waals surface area contributed by atoms with Crippen LogP contribution in [0.3, 0.4) is 0 Å². The molecule has 1 fully saturated rings. The van der Waals surface area contributed by atoms with Crippen molar-refractivity contribution in [3.63, 3.8) is 0 Å². The van der Waals surface area contributed by atoms with Crippen molar-refractivity contribution in [3.8, 4) is 0 Å². The Morgan fingerprint density at radius 1 is 1.31 bits per heavy atom. The molecule has 0 spiro atoms. The highest BCUT2D eigenvalue weighted by atomic mass is 35.5. The van der Waals surface area contributed by atoms with Crippen molar-refractivity contribution in [2.45, 2.75) is 38.8 Å². The number of hydrogen-bond donors (Lipinski definition) is 3. The van der Waals surface area contributed by atoms with Crippen molar-refractivity contribution < 1.29 is 4.39 Å². The monoisotopic (exact) mass is 454 g/mol. The standard InChI is InChI=1S/C26H32ClFN4/c1-18(6-4-7-19(2)30-16-20-8-5-9-22(28)12-20)24-14-26(31-17-25(24)27)32-23-11-10-21(13-23)15-29-3/h4-9,12,14,17,21,23,29-30H,2,10-11,13,15-16H2,1,3H3,(H,31,32)/b7-4-,18-6+. The number of nitrogens with zero attached hydrogens (tertiary/aromatic N) is 1. The van der Waals surface area contributed by atoms with Gasteiger partial charge in [-0.25, -0.2) is 9.37 Å². The Kier molecular flexibility index (Phi) is 8.89. The van der Waals surface area contributed by atoms with E-state index in [1.807, 2.05) is 44.3 Å². The van der Waals surface area contributed by atoms with Crippen LogP contribution in [0, 0.1) is 11.7 Å². The number of pyridine rings is 1. The van der Waals surface area contributed by atoms with Crippen LogP contribution in [0.1, 0.15) is 37.3 Å². The van der Waals surface area contributed by atoms with Gasteiger partial charge in [0.25, 0.3) is 0 Å². The molecule has 0 saturated heterocycles. The zero-order valence-electron chi connectivity index (χ0n) is 18.8. The van der Waals surface area contributed by atoms with Crippen LogP contribution in [-0.4, -0.2) is 24.6 Å². The van der Waals surface area contributed by atoms with Crippen LogP contribution < -0.4 is 16.0 Å². The van der Waals surface area contributed by atoms with Crippen LogP contribution in [0.5, 0.6) is 0 Å². The number of allylic oxidation sites excluding steroid dienone is 4. The van der Waals surface area contributed by atoms with E-state index in [1.54, 1.807) is 12.3 Å². The molecular formula is C26H32ClFN4. The van der Waals surface area contributed by atoms with Gasteiger partial charge in [0.1, 0.15) is 11.6 Å². The van der Waals surface area contributed by atoms with Crippen LogP contribution in [0.15, 0.2) is 67.0 Å². The third-order valence-electron chi connectivity index (χ3n) is 5.72. The van der Waals surface area contributed by atoms with Crippen molar-refractivity contribution in [3.05, 3.63) is 89.0 Å². The minimum absolute atomic E-state index is 0.238. The fourth-order valence-electron chi connectivity index (χ4n) is 4.03. The van der Waals surface area contributed by atoms with Gasteiger partial charge >= 0.3 is 0 Å². The number of halogens is 2. The first-order valence-electron chi connectivity index (χ1n) is 11.0. The summed E-state index contributed by atoms with van der Waals surface area (Å²) in [5, 5.41) is 10.7. The predicted molar refractivity (Wildman–Crippen MR) is 133 cm³/mol. The average Bonchev–Trinajstić information content (AvgIpc) is 3.20. The Morgan fingerprint density at radius 2 is 2.16 bits per heavy atom. The Bertz CT molecular complexity index is 986. The summed E-state index contributed by atoms with van der Waals surface area (Å²) >= 11 is 6.42. The maximum Gasteiger partial charge on any atom is 0.126 e. The first-order chi connectivity index (χ1) is 15.4. The third-order valence-corrected chi connectivity index (χ3v) is 6.02. The fourth-order valence-corrected chi connectivity index (χ4v) is 4.28. The van der Waals surface area contributed by atoms with Gasteiger partial charge in [0.2, 0.25) is 0 Å². The van der Waals surface area contributed by atoms with Crippen LogP contribution in [-0.2, 0) is 6.54 Å². The second-order valence-electron chi connectivity index (χ2n) is 8.34. The quantitative estimate of drug-likeness (QED) is 0.389. The van der Waals surface area contributed by atoms with Crippen molar-refractivity contribution in [1.29, 1.82) is 0 Å². The molecule has 0 aliphatic heterocycles. The molecule has 1 aromatic heterocycles. The lowest BCUT2D eigenvalue weighted by atomic mass is 10.1. The van der Waals surface area contributed by atoms with E-state index in [4.69, 9.17) is 11.6 Å². The van der Waals surface area contributed by atoms with E-state index in [-0.39, 0.29) is 5.82 Å². The topological polar surface area (TPSA) is 49.0 Å². The largest absolute Gasteiger partial charge is 0.381 e. The van der Waals surface area contributed by atoms with E-state index < -0.39 is 0 Å². The minimum Gasteiger partial charge on any atom is -0.381 e. The highest BCUT2D eigenvalue weighted by Gasteiger charge is 2.24. The van der Waals surface area contributed by atoms with Gasteiger partial charge in [0, 0.05) is 30.0 Å². The van der Waals surface area contributed by atoms with E-state index in [2.05, 4.69) is 27.5 Å². The Balaban J connectivity index is 1.56. The molecule has 0 bridgehead atoms. The van der Waals surface area contributed by atoms with Crippen molar-refractivity contribution in [2.24, 2.45) is 5.92 Å². The number of hydrogen-bond acceptors (Lipinski definition) is 4. The Morgan fingerprint density at radius 3 is 2.94 bits per heavy atom. The lowest BCUT2D eigenvalue weighted by Crippen LogP contribution is -2.20.